The van der Waals surface area contributed by atoms with Gasteiger partial charge in [0.15, 0.2) is 0 Å². The first kappa shape index (κ1) is 14.0. The van der Waals surface area contributed by atoms with Crippen molar-refractivity contribution in [2.45, 2.75) is 13.3 Å². The van der Waals surface area contributed by atoms with Crippen molar-refractivity contribution in [1.29, 1.82) is 0 Å². The lowest BCUT2D eigenvalue weighted by atomic mass is 10.3. The van der Waals surface area contributed by atoms with Crippen LogP contribution in [0, 0.1) is 0 Å². The molecule has 0 aliphatic heterocycles. The van der Waals surface area contributed by atoms with E-state index in [1.165, 1.54) is 0 Å². The number of nitrogens with zero attached hydrogens (tertiary/aromatic N) is 2. The highest BCUT2D eigenvalue weighted by Gasteiger charge is 2.07. The largest absolute Gasteiger partial charge is 0.339 e. The Labute approximate surface area is 124 Å². The van der Waals surface area contributed by atoms with Gasteiger partial charge in [-0.2, -0.15) is 0 Å². The summed E-state index contributed by atoms with van der Waals surface area (Å²) in [6.07, 6.45) is 0.723. The Morgan fingerprint density at radius 1 is 1.32 bits per heavy atom. The minimum absolute atomic E-state index is 0.563. The van der Waals surface area contributed by atoms with Crippen LogP contribution in [0.15, 0.2) is 28.7 Å². The molecule has 19 heavy (non-hydrogen) atoms. The Morgan fingerprint density at radius 2 is 2.05 bits per heavy atom. The number of halogens is 2. The molecule has 0 aliphatic rings. The number of anilines is 3. The summed E-state index contributed by atoms with van der Waals surface area (Å²) < 4.78 is 0.788. The molecule has 5 nitrogen and oxygen atoms in total. The maximum atomic E-state index is 6.05. The van der Waals surface area contributed by atoms with Gasteiger partial charge in [-0.05, 0) is 28.1 Å². The van der Waals surface area contributed by atoms with Crippen LogP contribution < -0.4 is 16.6 Å². The van der Waals surface area contributed by atoms with Crippen LogP contribution in [0.3, 0.4) is 0 Å². The Morgan fingerprint density at radius 3 is 2.74 bits per heavy atom. The van der Waals surface area contributed by atoms with Crippen LogP contribution in [-0.2, 0) is 6.42 Å². The van der Waals surface area contributed by atoms with E-state index in [1.54, 1.807) is 12.1 Å². The van der Waals surface area contributed by atoms with Crippen LogP contribution in [0.25, 0.3) is 0 Å². The van der Waals surface area contributed by atoms with E-state index in [1.807, 2.05) is 19.1 Å². The van der Waals surface area contributed by atoms with Crippen molar-refractivity contribution in [3.8, 4) is 0 Å². The highest BCUT2D eigenvalue weighted by Crippen LogP contribution is 2.31. The first-order valence-corrected chi connectivity index (χ1v) is 6.86. The maximum Gasteiger partial charge on any atom is 0.145 e. The second kappa shape index (κ2) is 6.18. The highest BCUT2D eigenvalue weighted by atomic mass is 79.9. The smallest absolute Gasteiger partial charge is 0.145 e. The Balaban J connectivity index is 2.34. The minimum atomic E-state index is 0.563. The monoisotopic (exact) mass is 341 g/mol. The molecule has 100 valence electrons. The van der Waals surface area contributed by atoms with Gasteiger partial charge in [0.25, 0.3) is 0 Å². The standard InChI is InChI=1S/C12H13BrClN5/c1-2-9-17-10(6-11(18-9)19-15)16-8-5-3-4-7(14)12(8)13/h3-6H,2,15H2,1H3,(H2,16,17,18,19). The molecular formula is C12H13BrClN5. The van der Waals surface area contributed by atoms with Crippen LogP contribution in [0.2, 0.25) is 5.02 Å². The average molecular weight is 343 g/mol. The maximum absolute atomic E-state index is 6.05. The Hall–Kier alpha value is -1.37. The van der Waals surface area contributed by atoms with E-state index in [0.29, 0.717) is 22.5 Å². The summed E-state index contributed by atoms with van der Waals surface area (Å²) in [5.74, 6) is 7.31. The molecule has 2 rings (SSSR count). The molecule has 0 saturated heterocycles. The van der Waals surface area contributed by atoms with Crippen LogP contribution in [0.4, 0.5) is 17.3 Å². The molecule has 0 radical (unpaired) electrons. The van der Waals surface area contributed by atoms with Gasteiger partial charge in [-0.3, -0.25) is 0 Å². The van der Waals surface area contributed by atoms with Gasteiger partial charge in [0.1, 0.15) is 17.5 Å². The van der Waals surface area contributed by atoms with E-state index in [2.05, 4.69) is 36.6 Å². The fraction of sp³-hybridized carbons (Fsp3) is 0.167. The Kier molecular flexibility index (Phi) is 4.57. The molecule has 0 bridgehead atoms. The van der Waals surface area contributed by atoms with Gasteiger partial charge in [0, 0.05) is 12.5 Å². The number of rotatable bonds is 4. The summed E-state index contributed by atoms with van der Waals surface area (Å²) in [6, 6.07) is 7.30. The first-order valence-electron chi connectivity index (χ1n) is 5.69. The molecule has 4 N–H and O–H groups in total. The molecule has 0 amide bonds. The minimum Gasteiger partial charge on any atom is -0.339 e. The number of nitrogen functional groups attached to an aromatic ring is 1. The lowest BCUT2D eigenvalue weighted by molar-refractivity contribution is 0.941. The van der Waals surface area contributed by atoms with Gasteiger partial charge < -0.3 is 10.7 Å². The average Bonchev–Trinajstić information content (AvgIpc) is 2.43. The van der Waals surface area contributed by atoms with E-state index in [0.717, 1.165) is 16.6 Å². The van der Waals surface area contributed by atoms with Crippen LogP contribution in [-0.4, -0.2) is 9.97 Å². The molecule has 7 heteroatoms. The molecule has 1 heterocycles. The SMILES string of the molecule is CCc1nc(NN)cc(Nc2cccc(Cl)c2Br)n1. The van der Waals surface area contributed by atoms with E-state index in [4.69, 9.17) is 17.4 Å². The highest BCUT2D eigenvalue weighted by molar-refractivity contribution is 9.10. The lowest BCUT2D eigenvalue weighted by Crippen LogP contribution is -2.11. The quantitative estimate of drug-likeness (QED) is 0.586. The topological polar surface area (TPSA) is 75.9 Å². The molecule has 0 unspecified atom stereocenters. The third-order valence-corrected chi connectivity index (χ3v) is 3.85. The number of hydrogen-bond donors (Lipinski definition) is 3. The van der Waals surface area contributed by atoms with Crippen LogP contribution >= 0.6 is 27.5 Å². The van der Waals surface area contributed by atoms with Crippen molar-refractivity contribution in [3.63, 3.8) is 0 Å². The fourth-order valence-corrected chi connectivity index (χ4v) is 2.07. The summed E-state index contributed by atoms with van der Waals surface area (Å²) in [5.41, 5.74) is 3.35. The molecule has 0 aliphatic carbocycles. The van der Waals surface area contributed by atoms with Crippen molar-refractivity contribution in [2.24, 2.45) is 5.84 Å². The van der Waals surface area contributed by atoms with Gasteiger partial charge in [0.05, 0.1) is 15.2 Å². The third kappa shape index (κ3) is 3.34. The van der Waals surface area contributed by atoms with Gasteiger partial charge >= 0.3 is 0 Å². The van der Waals surface area contributed by atoms with Crippen molar-refractivity contribution >= 4 is 44.9 Å². The summed E-state index contributed by atoms with van der Waals surface area (Å²) in [7, 11) is 0. The van der Waals surface area contributed by atoms with Crippen molar-refractivity contribution in [1.82, 2.24) is 9.97 Å². The number of nitrogens with two attached hydrogens (primary N) is 1. The first-order chi connectivity index (χ1) is 9.13. The molecule has 0 saturated carbocycles. The number of nitrogens with one attached hydrogen (secondary N) is 2. The molecule has 1 aromatic carbocycles. The second-order valence-corrected chi connectivity index (χ2v) is 4.98. The van der Waals surface area contributed by atoms with E-state index < -0.39 is 0 Å². The molecular weight excluding hydrogens is 330 g/mol. The van der Waals surface area contributed by atoms with Gasteiger partial charge in [-0.25, -0.2) is 15.8 Å². The molecule has 0 fully saturated rings. The van der Waals surface area contributed by atoms with E-state index >= 15 is 0 Å². The molecule has 0 spiro atoms. The summed E-state index contributed by atoms with van der Waals surface area (Å²) in [4.78, 5) is 8.61. The van der Waals surface area contributed by atoms with Crippen molar-refractivity contribution < 1.29 is 0 Å². The fourth-order valence-electron chi connectivity index (χ4n) is 1.53. The van der Waals surface area contributed by atoms with Gasteiger partial charge in [-0.1, -0.05) is 24.6 Å². The van der Waals surface area contributed by atoms with Crippen molar-refractivity contribution in [3.05, 3.63) is 39.6 Å². The van der Waals surface area contributed by atoms with E-state index in [9.17, 15) is 0 Å². The predicted molar refractivity (Wildman–Crippen MR) is 81.7 cm³/mol. The third-order valence-electron chi connectivity index (χ3n) is 2.45. The normalized spacial score (nSPS) is 10.3. The molecule has 1 aromatic heterocycles. The number of hydrazine groups is 1. The molecule has 2 aromatic rings. The van der Waals surface area contributed by atoms with E-state index in [-0.39, 0.29) is 0 Å². The predicted octanol–water partition coefficient (Wildman–Crippen LogP) is 3.48. The summed E-state index contributed by atoms with van der Waals surface area (Å²) in [6.45, 7) is 1.98. The number of benzene rings is 1. The number of hydrogen-bond acceptors (Lipinski definition) is 5. The summed E-state index contributed by atoms with van der Waals surface area (Å²) >= 11 is 9.48. The lowest BCUT2D eigenvalue weighted by Gasteiger charge is -2.11. The van der Waals surface area contributed by atoms with Gasteiger partial charge in [-0.15, -0.1) is 0 Å². The van der Waals surface area contributed by atoms with Crippen LogP contribution in [0.5, 0.6) is 0 Å². The Bertz CT molecular complexity index is 568. The van der Waals surface area contributed by atoms with Gasteiger partial charge in [0.2, 0.25) is 0 Å². The number of aryl methyl sites for hydroxylation is 1. The summed E-state index contributed by atoms with van der Waals surface area (Å²) in [5, 5.41) is 3.82. The zero-order chi connectivity index (χ0) is 13.8. The van der Waals surface area contributed by atoms with Crippen LogP contribution in [0.1, 0.15) is 12.7 Å². The second-order valence-electron chi connectivity index (χ2n) is 3.78. The molecule has 0 atom stereocenters. The zero-order valence-corrected chi connectivity index (χ0v) is 12.6. The number of aromatic nitrogens is 2. The zero-order valence-electron chi connectivity index (χ0n) is 10.2. The van der Waals surface area contributed by atoms with Crippen molar-refractivity contribution in [2.75, 3.05) is 10.7 Å².